The number of aromatic carboxylic acids is 1. The van der Waals surface area contributed by atoms with Gasteiger partial charge in [-0.2, -0.15) is 0 Å². The maximum atomic E-state index is 12.0. The maximum absolute atomic E-state index is 12.0. The number of carboxylic acids is 1. The van der Waals surface area contributed by atoms with Gasteiger partial charge in [-0.1, -0.05) is 6.92 Å². The van der Waals surface area contributed by atoms with Crippen LogP contribution in [-0.4, -0.2) is 36.7 Å². The van der Waals surface area contributed by atoms with Crippen LogP contribution >= 0.6 is 11.3 Å². The number of aliphatic hydroxyl groups is 1. The number of hydrogen-bond acceptors (Lipinski definition) is 5. The minimum Gasteiger partial charge on any atom is -0.477 e. The van der Waals surface area contributed by atoms with Gasteiger partial charge in [-0.25, -0.2) is 17.9 Å². The van der Waals surface area contributed by atoms with Crippen LogP contribution in [0, 0.1) is 0 Å². The predicted molar refractivity (Wildman–Crippen MR) is 67.4 cm³/mol. The van der Waals surface area contributed by atoms with E-state index in [-0.39, 0.29) is 15.7 Å². The summed E-state index contributed by atoms with van der Waals surface area (Å²) in [4.78, 5) is 10.7. The van der Waals surface area contributed by atoms with Gasteiger partial charge in [0.25, 0.3) is 10.0 Å². The predicted octanol–water partition coefficient (Wildman–Crippen LogP) is 0.886. The summed E-state index contributed by atoms with van der Waals surface area (Å²) in [5.74, 6) is -1.16. The summed E-state index contributed by atoms with van der Waals surface area (Å²) in [6, 6.07) is 2.48. The van der Waals surface area contributed by atoms with Crippen LogP contribution < -0.4 is 4.72 Å². The molecule has 0 amide bonds. The largest absolute Gasteiger partial charge is 0.477 e. The first-order valence-electron chi connectivity index (χ1n) is 5.22. The van der Waals surface area contributed by atoms with Crippen molar-refractivity contribution in [1.29, 1.82) is 0 Å². The van der Waals surface area contributed by atoms with Crippen LogP contribution in [0.3, 0.4) is 0 Å². The summed E-state index contributed by atoms with van der Waals surface area (Å²) in [6.45, 7) is 2.99. The van der Waals surface area contributed by atoms with Crippen molar-refractivity contribution >= 4 is 27.3 Å². The fourth-order valence-electron chi connectivity index (χ4n) is 1.17. The molecule has 0 aliphatic rings. The molecule has 0 fully saturated rings. The van der Waals surface area contributed by atoms with Crippen molar-refractivity contribution in [3.05, 3.63) is 17.0 Å². The third-order valence-electron chi connectivity index (χ3n) is 2.57. The molecule has 8 heteroatoms. The Bertz CT molecular complexity index is 530. The van der Waals surface area contributed by atoms with Crippen LogP contribution in [-0.2, 0) is 10.0 Å². The van der Waals surface area contributed by atoms with Gasteiger partial charge >= 0.3 is 5.97 Å². The van der Waals surface area contributed by atoms with Crippen molar-refractivity contribution in [2.45, 2.75) is 30.0 Å². The summed E-state index contributed by atoms with van der Waals surface area (Å²) < 4.78 is 26.3. The Morgan fingerprint density at radius 3 is 2.50 bits per heavy atom. The molecule has 0 spiro atoms. The fraction of sp³-hybridized carbons (Fsp3) is 0.500. The average molecular weight is 293 g/mol. The number of sulfonamides is 1. The molecule has 6 nitrogen and oxygen atoms in total. The van der Waals surface area contributed by atoms with E-state index in [0.717, 1.165) is 0 Å². The molecule has 0 aliphatic carbocycles. The second-order valence-corrected chi connectivity index (χ2v) is 7.09. The van der Waals surface area contributed by atoms with Gasteiger partial charge in [0.2, 0.25) is 0 Å². The normalized spacial score (nSPS) is 15.3. The number of hydrogen-bond donors (Lipinski definition) is 3. The van der Waals surface area contributed by atoms with Crippen LogP contribution in [0.15, 0.2) is 16.3 Å². The lowest BCUT2D eigenvalue weighted by Gasteiger charge is -2.26. The second kappa shape index (κ2) is 5.35. The van der Waals surface area contributed by atoms with E-state index < -0.39 is 21.5 Å². The lowest BCUT2D eigenvalue weighted by atomic mass is 10.0. The molecule has 18 heavy (non-hydrogen) atoms. The Hall–Kier alpha value is -0.960. The molecule has 1 rings (SSSR count). The van der Waals surface area contributed by atoms with Gasteiger partial charge in [-0.05, 0) is 25.5 Å². The van der Waals surface area contributed by atoms with Crippen LogP contribution in [0.5, 0.6) is 0 Å². The van der Waals surface area contributed by atoms with Crippen LogP contribution in [0.4, 0.5) is 0 Å². The Kier molecular flexibility index (Phi) is 4.49. The molecule has 1 heterocycles. The highest BCUT2D eigenvalue weighted by molar-refractivity contribution is 7.91. The minimum absolute atomic E-state index is 0.0439. The number of carbonyl (C=O) groups is 1. The molecule has 0 radical (unpaired) electrons. The molecule has 0 aliphatic heterocycles. The van der Waals surface area contributed by atoms with Crippen molar-refractivity contribution in [3.63, 3.8) is 0 Å². The fourth-order valence-corrected chi connectivity index (χ4v) is 3.79. The van der Waals surface area contributed by atoms with E-state index in [1.807, 2.05) is 0 Å². The number of aliphatic hydroxyl groups excluding tert-OH is 1. The molecule has 1 aromatic heterocycles. The Morgan fingerprint density at radius 1 is 1.50 bits per heavy atom. The topological polar surface area (TPSA) is 104 Å². The molecule has 1 unspecified atom stereocenters. The summed E-state index contributed by atoms with van der Waals surface area (Å²) >= 11 is 0.678. The molecule has 1 atom stereocenters. The highest BCUT2D eigenvalue weighted by Crippen LogP contribution is 2.23. The van der Waals surface area contributed by atoms with Gasteiger partial charge < -0.3 is 10.2 Å². The third kappa shape index (κ3) is 3.29. The van der Waals surface area contributed by atoms with E-state index in [1.165, 1.54) is 12.1 Å². The SMILES string of the molecule is CCC(C)(CO)NS(=O)(=O)c1ccc(C(=O)O)s1. The first kappa shape index (κ1) is 15.1. The summed E-state index contributed by atoms with van der Waals surface area (Å²) in [5.41, 5.74) is -0.952. The minimum atomic E-state index is -3.81. The van der Waals surface area contributed by atoms with E-state index in [2.05, 4.69) is 4.72 Å². The van der Waals surface area contributed by atoms with Gasteiger partial charge in [0.1, 0.15) is 9.09 Å². The summed E-state index contributed by atoms with van der Waals surface area (Å²) in [6.07, 6.45) is 0.417. The maximum Gasteiger partial charge on any atom is 0.345 e. The lowest BCUT2D eigenvalue weighted by molar-refractivity contribution is 0.0702. The molecule has 1 aromatic rings. The van der Waals surface area contributed by atoms with Gasteiger partial charge in [0.05, 0.1) is 12.1 Å². The van der Waals surface area contributed by atoms with E-state index in [9.17, 15) is 18.3 Å². The molecule has 0 saturated heterocycles. The average Bonchev–Trinajstić information content (AvgIpc) is 2.78. The smallest absolute Gasteiger partial charge is 0.345 e. The first-order valence-corrected chi connectivity index (χ1v) is 7.52. The molecule has 0 aromatic carbocycles. The highest BCUT2D eigenvalue weighted by atomic mass is 32.2. The van der Waals surface area contributed by atoms with Gasteiger partial charge in [0, 0.05) is 0 Å². The van der Waals surface area contributed by atoms with Crippen LogP contribution in [0.2, 0.25) is 0 Å². The van der Waals surface area contributed by atoms with Gasteiger partial charge in [-0.3, -0.25) is 0 Å². The van der Waals surface area contributed by atoms with Crippen molar-refractivity contribution in [2.75, 3.05) is 6.61 Å². The molecular weight excluding hydrogens is 278 g/mol. The monoisotopic (exact) mass is 293 g/mol. The zero-order valence-corrected chi connectivity index (χ0v) is 11.6. The third-order valence-corrected chi connectivity index (χ3v) is 5.77. The Morgan fingerprint density at radius 2 is 2.11 bits per heavy atom. The Balaban J connectivity index is 3.03. The first-order chi connectivity index (χ1) is 8.24. The molecule has 0 saturated carbocycles. The standard InChI is InChI=1S/C10H15NO5S2/c1-3-10(2,6-12)11-18(15,16)8-5-4-7(17-8)9(13)14/h4-5,11-12H,3,6H2,1-2H3,(H,13,14). The lowest BCUT2D eigenvalue weighted by Crippen LogP contribution is -2.48. The number of thiophene rings is 1. The number of carboxylic acid groups (broad SMARTS) is 1. The van der Waals surface area contributed by atoms with Crippen LogP contribution in [0.1, 0.15) is 29.9 Å². The van der Waals surface area contributed by atoms with Crippen LogP contribution in [0.25, 0.3) is 0 Å². The summed E-state index contributed by atoms with van der Waals surface area (Å²) in [7, 11) is -3.81. The van der Waals surface area contributed by atoms with Crippen molar-refractivity contribution in [3.8, 4) is 0 Å². The van der Waals surface area contributed by atoms with E-state index in [0.29, 0.717) is 17.8 Å². The van der Waals surface area contributed by atoms with E-state index >= 15 is 0 Å². The van der Waals surface area contributed by atoms with E-state index in [1.54, 1.807) is 13.8 Å². The number of nitrogens with one attached hydrogen (secondary N) is 1. The zero-order chi connectivity index (χ0) is 14.0. The molecule has 0 bridgehead atoms. The molecule has 102 valence electrons. The zero-order valence-electron chi connectivity index (χ0n) is 10.0. The Labute approximate surface area is 109 Å². The van der Waals surface area contributed by atoms with Gasteiger partial charge in [-0.15, -0.1) is 11.3 Å². The highest BCUT2D eigenvalue weighted by Gasteiger charge is 2.29. The van der Waals surface area contributed by atoms with E-state index in [4.69, 9.17) is 5.11 Å². The molecule has 3 N–H and O–H groups in total. The quantitative estimate of drug-likeness (QED) is 0.722. The second-order valence-electron chi connectivity index (χ2n) is 4.10. The van der Waals surface area contributed by atoms with Crippen molar-refractivity contribution in [2.24, 2.45) is 0 Å². The van der Waals surface area contributed by atoms with Gasteiger partial charge in [0.15, 0.2) is 0 Å². The van der Waals surface area contributed by atoms with Crippen molar-refractivity contribution < 1.29 is 23.4 Å². The number of rotatable bonds is 6. The van der Waals surface area contributed by atoms with Crippen molar-refractivity contribution in [1.82, 2.24) is 4.72 Å². The summed E-state index contributed by atoms with van der Waals surface area (Å²) in [5, 5.41) is 17.9. The molecular formula is C10H15NO5S2.